The SMILES string of the molecule is COCC(O)c1c(OC)cccc1OC. The summed E-state index contributed by atoms with van der Waals surface area (Å²) in [4.78, 5) is 0. The molecule has 15 heavy (non-hydrogen) atoms. The average Bonchev–Trinajstić information content (AvgIpc) is 2.28. The van der Waals surface area contributed by atoms with Crippen LogP contribution in [0.1, 0.15) is 11.7 Å². The van der Waals surface area contributed by atoms with Gasteiger partial charge < -0.3 is 19.3 Å². The van der Waals surface area contributed by atoms with E-state index < -0.39 is 6.10 Å². The lowest BCUT2D eigenvalue weighted by Crippen LogP contribution is -2.08. The lowest BCUT2D eigenvalue weighted by atomic mass is 10.1. The first-order chi connectivity index (χ1) is 7.24. The number of rotatable bonds is 5. The Morgan fingerprint density at radius 1 is 1.13 bits per heavy atom. The lowest BCUT2D eigenvalue weighted by molar-refractivity contribution is 0.0611. The van der Waals surface area contributed by atoms with Crippen LogP contribution in [0.2, 0.25) is 0 Å². The van der Waals surface area contributed by atoms with Crippen molar-refractivity contribution in [3.63, 3.8) is 0 Å². The standard InChI is InChI=1S/C11H16O4/c1-13-7-8(12)11-9(14-2)5-4-6-10(11)15-3/h4-6,8,12H,7H2,1-3H3. The monoisotopic (exact) mass is 212 g/mol. The summed E-state index contributed by atoms with van der Waals surface area (Å²) < 4.78 is 15.2. The summed E-state index contributed by atoms with van der Waals surface area (Å²) in [6.07, 6.45) is -0.749. The van der Waals surface area contributed by atoms with Gasteiger partial charge in [-0.15, -0.1) is 0 Å². The molecule has 1 N–H and O–H groups in total. The van der Waals surface area contributed by atoms with Gasteiger partial charge in [-0.05, 0) is 12.1 Å². The fraction of sp³-hybridized carbons (Fsp3) is 0.455. The van der Waals surface area contributed by atoms with Crippen molar-refractivity contribution in [2.75, 3.05) is 27.9 Å². The molecular formula is C11H16O4. The van der Waals surface area contributed by atoms with Crippen molar-refractivity contribution in [1.29, 1.82) is 0 Å². The lowest BCUT2D eigenvalue weighted by Gasteiger charge is -2.17. The highest BCUT2D eigenvalue weighted by Crippen LogP contribution is 2.33. The fourth-order valence-corrected chi connectivity index (χ4v) is 1.45. The minimum atomic E-state index is -0.749. The summed E-state index contributed by atoms with van der Waals surface area (Å²) in [5.41, 5.74) is 0.615. The summed E-state index contributed by atoms with van der Waals surface area (Å²) in [5, 5.41) is 9.86. The molecule has 0 spiro atoms. The van der Waals surface area contributed by atoms with Crippen molar-refractivity contribution in [2.45, 2.75) is 6.10 Å². The quantitative estimate of drug-likeness (QED) is 0.801. The van der Waals surface area contributed by atoms with Crippen LogP contribution in [0.25, 0.3) is 0 Å². The van der Waals surface area contributed by atoms with E-state index in [1.807, 2.05) is 0 Å². The first-order valence-corrected chi connectivity index (χ1v) is 4.62. The molecule has 1 aromatic carbocycles. The van der Waals surface area contributed by atoms with E-state index in [0.29, 0.717) is 17.1 Å². The Hall–Kier alpha value is -1.26. The molecule has 0 heterocycles. The first-order valence-electron chi connectivity index (χ1n) is 4.62. The maximum atomic E-state index is 9.86. The van der Waals surface area contributed by atoms with Crippen molar-refractivity contribution in [3.8, 4) is 11.5 Å². The molecule has 0 amide bonds. The Morgan fingerprint density at radius 3 is 2.07 bits per heavy atom. The summed E-state index contributed by atoms with van der Waals surface area (Å²) in [6, 6.07) is 5.36. The third-order valence-corrected chi connectivity index (χ3v) is 2.12. The van der Waals surface area contributed by atoms with Crippen LogP contribution in [0.3, 0.4) is 0 Å². The first kappa shape index (κ1) is 11.8. The number of hydrogen-bond acceptors (Lipinski definition) is 4. The Labute approximate surface area is 89.4 Å². The molecule has 0 aliphatic heterocycles. The van der Waals surface area contributed by atoms with Crippen molar-refractivity contribution in [3.05, 3.63) is 23.8 Å². The van der Waals surface area contributed by atoms with Gasteiger partial charge in [-0.3, -0.25) is 0 Å². The normalized spacial score (nSPS) is 12.3. The smallest absolute Gasteiger partial charge is 0.128 e. The molecule has 1 aromatic rings. The van der Waals surface area contributed by atoms with Crippen LogP contribution in [0.4, 0.5) is 0 Å². The van der Waals surface area contributed by atoms with Gasteiger partial charge in [-0.1, -0.05) is 6.07 Å². The Balaban J connectivity index is 3.09. The van der Waals surface area contributed by atoms with Gasteiger partial charge in [-0.25, -0.2) is 0 Å². The highest BCUT2D eigenvalue weighted by molar-refractivity contribution is 5.46. The van der Waals surface area contributed by atoms with E-state index >= 15 is 0 Å². The molecule has 1 unspecified atom stereocenters. The Morgan fingerprint density at radius 2 is 1.67 bits per heavy atom. The summed E-state index contributed by atoms with van der Waals surface area (Å²) in [5.74, 6) is 1.19. The largest absolute Gasteiger partial charge is 0.496 e. The topological polar surface area (TPSA) is 47.9 Å². The van der Waals surface area contributed by atoms with Gasteiger partial charge in [0.2, 0.25) is 0 Å². The van der Waals surface area contributed by atoms with Gasteiger partial charge in [0.1, 0.15) is 17.6 Å². The number of ether oxygens (including phenoxy) is 3. The summed E-state index contributed by atoms with van der Waals surface area (Å²) in [6.45, 7) is 0.205. The molecule has 0 radical (unpaired) electrons. The van der Waals surface area contributed by atoms with Crippen LogP contribution in [-0.2, 0) is 4.74 Å². The minimum absolute atomic E-state index is 0.205. The molecule has 4 nitrogen and oxygen atoms in total. The minimum Gasteiger partial charge on any atom is -0.496 e. The van der Waals surface area contributed by atoms with Crippen LogP contribution >= 0.6 is 0 Å². The predicted octanol–water partition coefficient (Wildman–Crippen LogP) is 1.38. The predicted molar refractivity (Wildman–Crippen MR) is 56.4 cm³/mol. The molecule has 0 aliphatic rings. The number of hydrogen-bond donors (Lipinski definition) is 1. The van der Waals surface area contributed by atoms with Gasteiger partial charge in [0.25, 0.3) is 0 Å². The maximum absolute atomic E-state index is 9.86. The number of benzene rings is 1. The molecule has 0 aliphatic carbocycles. The van der Waals surface area contributed by atoms with Gasteiger partial charge in [0.15, 0.2) is 0 Å². The number of aliphatic hydroxyl groups is 1. The molecule has 0 saturated heterocycles. The van der Waals surface area contributed by atoms with E-state index in [9.17, 15) is 5.11 Å². The average molecular weight is 212 g/mol. The molecule has 0 aromatic heterocycles. The zero-order valence-corrected chi connectivity index (χ0v) is 9.19. The second kappa shape index (κ2) is 5.58. The third kappa shape index (κ3) is 2.61. The van der Waals surface area contributed by atoms with E-state index in [0.717, 1.165) is 0 Å². The molecule has 4 heteroatoms. The van der Waals surface area contributed by atoms with Gasteiger partial charge in [0.05, 0.1) is 26.4 Å². The fourth-order valence-electron chi connectivity index (χ4n) is 1.45. The number of aliphatic hydroxyl groups excluding tert-OH is 1. The van der Waals surface area contributed by atoms with Gasteiger partial charge >= 0.3 is 0 Å². The van der Waals surface area contributed by atoms with Crippen LogP contribution in [0.15, 0.2) is 18.2 Å². The van der Waals surface area contributed by atoms with Crippen molar-refractivity contribution in [2.24, 2.45) is 0 Å². The molecule has 0 saturated carbocycles. The molecule has 0 bridgehead atoms. The third-order valence-electron chi connectivity index (χ3n) is 2.12. The summed E-state index contributed by atoms with van der Waals surface area (Å²) in [7, 11) is 4.64. The van der Waals surface area contributed by atoms with Crippen molar-refractivity contribution in [1.82, 2.24) is 0 Å². The molecule has 0 fully saturated rings. The number of methoxy groups -OCH3 is 3. The van der Waals surface area contributed by atoms with Crippen LogP contribution in [0.5, 0.6) is 11.5 Å². The highest BCUT2D eigenvalue weighted by atomic mass is 16.5. The second-order valence-electron chi connectivity index (χ2n) is 3.05. The van der Waals surface area contributed by atoms with Crippen LogP contribution in [0, 0.1) is 0 Å². The maximum Gasteiger partial charge on any atom is 0.128 e. The second-order valence-corrected chi connectivity index (χ2v) is 3.05. The van der Waals surface area contributed by atoms with E-state index in [-0.39, 0.29) is 6.61 Å². The Bertz CT molecular complexity index is 289. The van der Waals surface area contributed by atoms with Crippen LogP contribution < -0.4 is 9.47 Å². The van der Waals surface area contributed by atoms with E-state index in [1.54, 1.807) is 32.4 Å². The molecule has 1 atom stereocenters. The molecule has 1 rings (SSSR count). The molecule has 84 valence electrons. The molecular weight excluding hydrogens is 196 g/mol. The van der Waals surface area contributed by atoms with Crippen LogP contribution in [-0.4, -0.2) is 33.0 Å². The van der Waals surface area contributed by atoms with E-state index in [2.05, 4.69) is 0 Å². The zero-order valence-electron chi connectivity index (χ0n) is 9.19. The zero-order chi connectivity index (χ0) is 11.3. The van der Waals surface area contributed by atoms with E-state index in [4.69, 9.17) is 14.2 Å². The van der Waals surface area contributed by atoms with Gasteiger partial charge in [0, 0.05) is 7.11 Å². The Kier molecular flexibility index (Phi) is 4.39. The summed E-state index contributed by atoms with van der Waals surface area (Å²) >= 11 is 0. The van der Waals surface area contributed by atoms with Crippen molar-refractivity contribution < 1.29 is 19.3 Å². The highest BCUT2D eigenvalue weighted by Gasteiger charge is 2.18. The van der Waals surface area contributed by atoms with Crippen molar-refractivity contribution >= 4 is 0 Å². The van der Waals surface area contributed by atoms with Gasteiger partial charge in [-0.2, -0.15) is 0 Å². The van der Waals surface area contributed by atoms with E-state index in [1.165, 1.54) is 7.11 Å².